The van der Waals surface area contributed by atoms with Gasteiger partial charge in [0.15, 0.2) is 5.95 Å². The summed E-state index contributed by atoms with van der Waals surface area (Å²) >= 11 is 0. The average molecular weight is 237 g/mol. The number of imidazole rings is 1. The van der Waals surface area contributed by atoms with Crippen LogP contribution < -0.4 is 5.32 Å². The van der Waals surface area contributed by atoms with Crippen LogP contribution in [0.15, 0.2) is 6.20 Å². The number of rotatable bonds is 10. The summed E-state index contributed by atoms with van der Waals surface area (Å²) in [5.41, 5.74) is 1.11. The summed E-state index contributed by atoms with van der Waals surface area (Å²) in [7, 11) is 0. The Morgan fingerprint density at radius 1 is 1.06 bits per heavy atom. The van der Waals surface area contributed by atoms with Crippen molar-refractivity contribution in [2.75, 3.05) is 11.9 Å². The Kier molecular flexibility index (Phi) is 7.52. The van der Waals surface area contributed by atoms with Crippen LogP contribution in [0.4, 0.5) is 5.95 Å². The second kappa shape index (κ2) is 9.08. The molecule has 0 bridgehead atoms. The number of aromatic nitrogens is 2. The van der Waals surface area contributed by atoms with E-state index < -0.39 is 0 Å². The first kappa shape index (κ1) is 14.1. The average Bonchev–Trinajstić information content (AvgIpc) is 2.73. The number of hydrogen-bond acceptors (Lipinski definition) is 2. The maximum absolute atomic E-state index is 4.22. The first-order valence-corrected chi connectivity index (χ1v) is 7.08. The van der Waals surface area contributed by atoms with Gasteiger partial charge in [-0.25, -0.2) is 4.98 Å². The smallest absolute Gasteiger partial charge is 0.200 e. The van der Waals surface area contributed by atoms with E-state index in [1.165, 1.54) is 51.4 Å². The number of anilines is 1. The molecule has 0 aliphatic rings. The predicted octanol–water partition coefficient (Wildman–Crippen LogP) is 4.27. The second-order valence-corrected chi connectivity index (χ2v) is 4.82. The molecule has 0 atom stereocenters. The lowest BCUT2D eigenvalue weighted by Crippen LogP contribution is -2.02. The van der Waals surface area contributed by atoms with E-state index in [-0.39, 0.29) is 0 Å². The van der Waals surface area contributed by atoms with Crippen LogP contribution in [-0.4, -0.2) is 16.5 Å². The van der Waals surface area contributed by atoms with E-state index in [9.17, 15) is 0 Å². The molecular formula is C14H27N3. The molecule has 0 radical (unpaired) electrons. The minimum atomic E-state index is 0.908. The Morgan fingerprint density at radius 3 is 2.29 bits per heavy atom. The molecule has 0 amide bonds. The highest BCUT2D eigenvalue weighted by atomic mass is 15.1. The molecule has 2 N–H and O–H groups in total. The Labute approximate surface area is 105 Å². The number of aromatic amines is 1. The molecule has 0 saturated heterocycles. The van der Waals surface area contributed by atoms with Crippen molar-refractivity contribution in [1.82, 2.24) is 9.97 Å². The Balaban J connectivity index is 1.84. The van der Waals surface area contributed by atoms with E-state index in [1.807, 2.05) is 13.1 Å². The van der Waals surface area contributed by atoms with Gasteiger partial charge in [-0.1, -0.05) is 51.9 Å². The molecule has 1 aromatic heterocycles. The van der Waals surface area contributed by atoms with Crippen LogP contribution in [0.5, 0.6) is 0 Å². The quantitative estimate of drug-likeness (QED) is 0.597. The van der Waals surface area contributed by atoms with Crippen molar-refractivity contribution >= 4 is 5.95 Å². The van der Waals surface area contributed by atoms with Crippen LogP contribution >= 0.6 is 0 Å². The number of aryl methyl sites for hydroxylation is 1. The monoisotopic (exact) mass is 237 g/mol. The lowest BCUT2D eigenvalue weighted by Gasteiger charge is -2.03. The minimum absolute atomic E-state index is 0.908. The largest absolute Gasteiger partial charge is 0.356 e. The molecule has 0 fully saturated rings. The molecular weight excluding hydrogens is 210 g/mol. The highest BCUT2D eigenvalue weighted by Crippen LogP contribution is 2.08. The van der Waals surface area contributed by atoms with Gasteiger partial charge in [0.05, 0.1) is 0 Å². The predicted molar refractivity (Wildman–Crippen MR) is 74.4 cm³/mol. The van der Waals surface area contributed by atoms with E-state index >= 15 is 0 Å². The maximum Gasteiger partial charge on any atom is 0.200 e. The molecule has 1 rings (SSSR count). The summed E-state index contributed by atoms with van der Waals surface area (Å²) in [6.45, 7) is 5.32. The van der Waals surface area contributed by atoms with Gasteiger partial charge in [-0.2, -0.15) is 0 Å². The molecule has 0 aliphatic carbocycles. The zero-order valence-corrected chi connectivity index (χ0v) is 11.4. The van der Waals surface area contributed by atoms with Crippen molar-refractivity contribution in [2.45, 2.75) is 65.2 Å². The summed E-state index contributed by atoms with van der Waals surface area (Å²) in [4.78, 5) is 7.40. The van der Waals surface area contributed by atoms with Crippen molar-refractivity contribution < 1.29 is 0 Å². The Hall–Kier alpha value is -0.990. The second-order valence-electron chi connectivity index (χ2n) is 4.82. The molecule has 0 spiro atoms. The first-order chi connectivity index (χ1) is 8.33. The standard InChI is InChI=1S/C14H27N3/c1-3-4-5-6-7-8-9-10-11-15-14-16-12-13(2)17-14/h12H,3-11H2,1-2H3,(H2,15,16,17). The third-order valence-corrected chi connectivity index (χ3v) is 3.03. The summed E-state index contributed by atoms with van der Waals surface area (Å²) in [6.07, 6.45) is 12.8. The number of hydrogen-bond donors (Lipinski definition) is 2. The van der Waals surface area contributed by atoms with Gasteiger partial charge in [-0.05, 0) is 13.3 Å². The summed E-state index contributed by atoms with van der Waals surface area (Å²) < 4.78 is 0. The van der Waals surface area contributed by atoms with Crippen LogP contribution in [-0.2, 0) is 0 Å². The highest BCUT2D eigenvalue weighted by Gasteiger charge is 1.95. The van der Waals surface area contributed by atoms with Crippen LogP contribution in [0.25, 0.3) is 0 Å². The molecule has 98 valence electrons. The van der Waals surface area contributed by atoms with Gasteiger partial charge in [0.1, 0.15) is 0 Å². The van der Waals surface area contributed by atoms with Crippen LogP contribution in [0.1, 0.15) is 64.0 Å². The zero-order chi connectivity index (χ0) is 12.3. The van der Waals surface area contributed by atoms with Gasteiger partial charge < -0.3 is 10.3 Å². The van der Waals surface area contributed by atoms with Crippen molar-refractivity contribution in [3.63, 3.8) is 0 Å². The number of nitrogens with zero attached hydrogens (tertiary/aromatic N) is 1. The van der Waals surface area contributed by atoms with Gasteiger partial charge in [0, 0.05) is 18.4 Å². The maximum atomic E-state index is 4.22. The molecule has 3 nitrogen and oxygen atoms in total. The SMILES string of the molecule is CCCCCCCCCCNc1ncc(C)[nH]1. The number of nitrogens with one attached hydrogen (secondary N) is 2. The van der Waals surface area contributed by atoms with Crippen molar-refractivity contribution in [3.8, 4) is 0 Å². The molecule has 1 heterocycles. The summed E-state index contributed by atoms with van der Waals surface area (Å²) in [5, 5.41) is 3.31. The van der Waals surface area contributed by atoms with Crippen LogP contribution in [0, 0.1) is 6.92 Å². The van der Waals surface area contributed by atoms with E-state index in [0.29, 0.717) is 0 Å². The molecule has 0 saturated carbocycles. The molecule has 0 aliphatic heterocycles. The minimum Gasteiger partial charge on any atom is -0.356 e. The van der Waals surface area contributed by atoms with E-state index in [2.05, 4.69) is 22.2 Å². The topological polar surface area (TPSA) is 40.7 Å². The third-order valence-electron chi connectivity index (χ3n) is 3.03. The van der Waals surface area contributed by atoms with Crippen LogP contribution in [0.3, 0.4) is 0 Å². The van der Waals surface area contributed by atoms with E-state index in [1.54, 1.807) is 0 Å². The van der Waals surface area contributed by atoms with Gasteiger partial charge in [-0.15, -0.1) is 0 Å². The van der Waals surface area contributed by atoms with Gasteiger partial charge in [0.25, 0.3) is 0 Å². The molecule has 0 unspecified atom stereocenters. The first-order valence-electron chi connectivity index (χ1n) is 7.08. The zero-order valence-electron chi connectivity index (χ0n) is 11.4. The van der Waals surface area contributed by atoms with Crippen molar-refractivity contribution in [3.05, 3.63) is 11.9 Å². The van der Waals surface area contributed by atoms with Gasteiger partial charge in [0.2, 0.25) is 0 Å². The van der Waals surface area contributed by atoms with E-state index in [0.717, 1.165) is 18.2 Å². The molecule has 3 heteroatoms. The van der Waals surface area contributed by atoms with Crippen molar-refractivity contribution in [1.29, 1.82) is 0 Å². The van der Waals surface area contributed by atoms with Crippen LogP contribution in [0.2, 0.25) is 0 Å². The highest BCUT2D eigenvalue weighted by molar-refractivity contribution is 5.25. The summed E-state index contributed by atoms with van der Waals surface area (Å²) in [5.74, 6) is 0.908. The molecule has 1 aromatic rings. The number of H-pyrrole nitrogens is 1. The molecule has 0 aromatic carbocycles. The third kappa shape index (κ3) is 7.03. The lowest BCUT2D eigenvalue weighted by atomic mass is 10.1. The fraction of sp³-hybridized carbons (Fsp3) is 0.786. The fourth-order valence-electron chi connectivity index (χ4n) is 1.97. The number of unbranched alkanes of at least 4 members (excludes halogenated alkanes) is 7. The van der Waals surface area contributed by atoms with Crippen molar-refractivity contribution in [2.24, 2.45) is 0 Å². The summed E-state index contributed by atoms with van der Waals surface area (Å²) in [6, 6.07) is 0. The Morgan fingerprint density at radius 2 is 1.71 bits per heavy atom. The van der Waals surface area contributed by atoms with Gasteiger partial charge in [-0.3, -0.25) is 0 Å². The normalized spacial score (nSPS) is 10.7. The fourth-order valence-corrected chi connectivity index (χ4v) is 1.97. The van der Waals surface area contributed by atoms with Gasteiger partial charge >= 0.3 is 0 Å². The molecule has 17 heavy (non-hydrogen) atoms. The Bertz CT molecular complexity index is 281. The van der Waals surface area contributed by atoms with E-state index in [4.69, 9.17) is 0 Å². The lowest BCUT2D eigenvalue weighted by molar-refractivity contribution is 0.581.